The van der Waals surface area contributed by atoms with Crippen LogP contribution in [0.3, 0.4) is 0 Å². The molecule has 126 valence electrons. The Morgan fingerprint density at radius 1 is 1.52 bits per heavy atom. The van der Waals surface area contributed by atoms with Crippen LogP contribution in [-0.2, 0) is 11.3 Å². The summed E-state index contributed by atoms with van der Waals surface area (Å²) in [7, 11) is 1.63. The molecule has 1 heterocycles. The van der Waals surface area contributed by atoms with Gasteiger partial charge in [-0.05, 0) is 19.1 Å². The third-order valence-corrected chi connectivity index (χ3v) is 2.98. The number of aliphatic imine (C=N–C) groups is 1. The molecule has 0 bridgehead atoms. The first kappa shape index (κ1) is 19.7. The van der Waals surface area contributed by atoms with E-state index in [9.17, 15) is 0 Å². The maximum absolute atomic E-state index is 5.94. The number of ether oxygens (including phenoxy) is 1. The number of nitrogens with two attached hydrogens (primary N) is 1. The van der Waals surface area contributed by atoms with E-state index in [4.69, 9.17) is 26.6 Å². The monoisotopic (exact) mass is 451 g/mol. The molecule has 0 fully saturated rings. The van der Waals surface area contributed by atoms with Crippen molar-refractivity contribution in [3.8, 4) is 11.4 Å². The third kappa shape index (κ3) is 6.32. The van der Waals surface area contributed by atoms with Crippen molar-refractivity contribution in [2.24, 2.45) is 10.7 Å². The smallest absolute Gasteiger partial charge is 0.248 e. The highest BCUT2D eigenvalue weighted by Crippen LogP contribution is 2.19. The van der Waals surface area contributed by atoms with Crippen LogP contribution in [0.15, 0.2) is 33.8 Å². The van der Waals surface area contributed by atoms with Gasteiger partial charge in [-0.15, -0.1) is 24.0 Å². The summed E-state index contributed by atoms with van der Waals surface area (Å²) in [5.74, 6) is 1.14. The van der Waals surface area contributed by atoms with E-state index in [-0.39, 0.29) is 36.6 Å². The van der Waals surface area contributed by atoms with Crippen LogP contribution in [0.5, 0.6) is 0 Å². The lowest BCUT2D eigenvalue weighted by atomic mass is 10.2. The maximum atomic E-state index is 5.94. The second-order valence-corrected chi connectivity index (χ2v) is 5.16. The zero-order chi connectivity index (χ0) is 15.9. The van der Waals surface area contributed by atoms with Crippen molar-refractivity contribution in [2.75, 3.05) is 13.7 Å². The number of hydrogen-bond donors (Lipinski definition) is 2. The highest BCUT2D eigenvalue weighted by atomic mass is 127. The van der Waals surface area contributed by atoms with Gasteiger partial charge in [0.1, 0.15) is 6.54 Å². The van der Waals surface area contributed by atoms with E-state index in [1.54, 1.807) is 19.2 Å². The molecule has 0 aliphatic rings. The van der Waals surface area contributed by atoms with Crippen LogP contribution in [0.25, 0.3) is 11.4 Å². The first-order valence-electron chi connectivity index (χ1n) is 6.72. The number of rotatable bonds is 6. The zero-order valence-corrected chi connectivity index (χ0v) is 15.9. The molecule has 0 radical (unpaired) electrons. The average Bonchev–Trinajstić information content (AvgIpc) is 2.94. The van der Waals surface area contributed by atoms with Gasteiger partial charge in [0.25, 0.3) is 0 Å². The SMILES string of the molecule is COCC(C)NC(N)=NCc1nc(-c2cccc(Cl)c2)no1.I. The summed E-state index contributed by atoms with van der Waals surface area (Å²) in [6.07, 6.45) is 0. The van der Waals surface area contributed by atoms with Gasteiger partial charge >= 0.3 is 0 Å². The summed E-state index contributed by atoms with van der Waals surface area (Å²) in [5.41, 5.74) is 6.55. The van der Waals surface area contributed by atoms with E-state index in [1.807, 2.05) is 19.1 Å². The molecule has 1 unspecified atom stereocenters. The van der Waals surface area contributed by atoms with Gasteiger partial charge < -0.3 is 20.3 Å². The van der Waals surface area contributed by atoms with Gasteiger partial charge in [-0.3, -0.25) is 0 Å². The van der Waals surface area contributed by atoms with Crippen LogP contribution in [0.4, 0.5) is 0 Å². The Bertz CT molecular complexity index is 650. The molecule has 3 N–H and O–H groups in total. The fraction of sp³-hybridized carbons (Fsp3) is 0.357. The quantitative estimate of drug-likeness (QED) is 0.398. The number of methoxy groups -OCH3 is 1. The third-order valence-electron chi connectivity index (χ3n) is 2.75. The van der Waals surface area contributed by atoms with E-state index in [1.165, 1.54) is 0 Å². The van der Waals surface area contributed by atoms with E-state index in [0.717, 1.165) is 5.56 Å². The Morgan fingerprint density at radius 3 is 3.00 bits per heavy atom. The van der Waals surface area contributed by atoms with E-state index in [2.05, 4.69) is 20.4 Å². The molecule has 1 aromatic carbocycles. The molecule has 0 spiro atoms. The average molecular weight is 452 g/mol. The minimum atomic E-state index is 0. The number of nitrogens with one attached hydrogen (secondary N) is 1. The molecule has 0 aliphatic carbocycles. The van der Waals surface area contributed by atoms with Crippen molar-refractivity contribution < 1.29 is 9.26 Å². The Labute approximate surface area is 156 Å². The van der Waals surface area contributed by atoms with Crippen molar-refractivity contribution in [1.82, 2.24) is 15.5 Å². The van der Waals surface area contributed by atoms with Gasteiger partial charge in [-0.1, -0.05) is 28.9 Å². The second kappa shape index (κ2) is 9.68. The Morgan fingerprint density at radius 2 is 2.30 bits per heavy atom. The van der Waals surface area contributed by atoms with Crippen molar-refractivity contribution >= 4 is 41.5 Å². The van der Waals surface area contributed by atoms with E-state index >= 15 is 0 Å². The summed E-state index contributed by atoms with van der Waals surface area (Å²) in [5, 5.41) is 7.51. The lowest BCUT2D eigenvalue weighted by Gasteiger charge is -2.12. The minimum Gasteiger partial charge on any atom is -0.383 e. The number of benzene rings is 1. The first-order chi connectivity index (χ1) is 10.6. The molecule has 7 nitrogen and oxygen atoms in total. The lowest BCUT2D eigenvalue weighted by Crippen LogP contribution is -2.40. The molecule has 23 heavy (non-hydrogen) atoms. The number of hydrogen-bond acceptors (Lipinski definition) is 5. The second-order valence-electron chi connectivity index (χ2n) is 4.72. The largest absolute Gasteiger partial charge is 0.383 e. The van der Waals surface area contributed by atoms with Crippen molar-refractivity contribution in [3.63, 3.8) is 0 Å². The van der Waals surface area contributed by atoms with Crippen molar-refractivity contribution in [3.05, 3.63) is 35.2 Å². The number of guanidine groups is 1. The molecule has 1 aromatic heterocycles. The van der Waals surface area contributed by atoms with Gasteiger partial charge in [0.2, 0.25) is 11.7 Å². The first-order valence-corrected chi connectivity index (χ1v) is 7.10. The molecular formula is C14H19ClIN5O2. The number of aromatic nitrogens is 2. The van der Waals surface area contributed by atoms with Gasteiger partial charge in [0, 0.05) is 23.7 Å². The molecular weight excluding hydrogens is 433 g/mol. The van der Waals surface area contributed by atoms with Crippen LogP contribution in [0, 0.1) is 0 Å². The lowest BCUT2D eigenvalue weighted by molar-refractivity contribution is 0.179. The highest BCUT2D eigenvalue weighted by Gasteiger charge is 2.09. The Balaban J connectivity index is 0.00000264. The highest BCUT2D eigenvalue weighted by molar-refractivity contribution is 14.0. The number of nitrogens with zero attached hydrogens (tertiary/aromatic N) is 3. The van der Waals surface area contributed by atoms with E-state index < -0.39 is 0 Å². The van der Waals surface area contributed by atoms with Crippen LogP contribution in [-0.4, -0.2) is 35.9 Å². The molecule has 0 saturated heterocycles. The van der Waals surface area contributed by atoms with Crippen LogP contribution in [0.1, 0.15) is 12.8 Å². The summed E-state index contributed by atoms with van der Waals surface area (Å²) < 4.78 is 10.1. The molecule has 1 atom stereocenters. The van der Waals surface area contributed by atoms with Crippen LogP contribution >= 0.6 is 35.6 Å². The standard InChI is InChI=1S/C14H18ClN5O2.HI/c1-9(8-21-2)18-14(16)17-7-12-19-13(20-22-12)10-4-3-5-11(15)6-10;/h3-6,9H,7-8H2,1-2H3,(H3,16,17,18);1H. The molecule has 0 aliphatic heterocycles. The number of halogens is 2. The summed E-state index contributed by atoms with van der Waals surface area (Å²) in [6, 6.07) is 7.29. The maximum Gasteiger partial charge on any atom is 0.248 e. The van der Waals surface area contributed by atoms with Gasteiger partial charge in [-0.2, -0.15) is 4.98 Å². The normalized spacial score (nSPS) is 12.6. The minimum absolute atomic E-state index is 0. The Hall–Kier alpha value is -1.39. The summed E-state index contributed by atoms with van der Waals surface area (Å²) in [4.78, 5) is 8.40. The fourth-order valence-electron chi connectivity index (χ4n) is 1.81. The van der Waals surface area contributed by atoms with Crippen molar-refractivity contribution in [2.45, 2.75) is 19.5 Å². The molecule has 2 aromatic rings. The Kier molecular flexibility index (Phi) is 8.28. The van der Waals surface area contributed by atoms with Crippen LogP contribution < -0.4 is 11.1 Å². The molecule has 0 amide bonds. The molecule has 9 heteroatoms. The summed E-state index contributed by atoms with van der Waals surface area (Å²) in [6.45, 7) is 2.68. The zero-order valence-electron chi connectivity index (χ0n) is 12.8. The molecule has 2 rings (SSSR count). The predicted octanol–water partition coefficient (Wildman–Crippen LogP) is 2.45. The fourth-order valence-corrected chi connectivity index (χ4v) is 2.00. The van der Waals surface area contributed by atoms with Gasteiger partial charge in [0.05, 0.1) is 6.61 Å². The van der Waals surface area contributed by atoms with E-state index in [0.29, 0.717) is 29.3 Å². The molecule has 0 saturated carbocycles. The van der Waals surface area contributed by atoms with Crippen molar-refractivity contribution in [1.29, 1.82) is 0 Å². The van der Waals surface area contributed by atoms with Crippen LogP contribution in [0.2, 0.25) is 5.02 Å². The van der Waals surface area contributed by atoms with Gasteiger partial charge in [0.15, 0.2) is 5.96 Å². The summed E-state index contributed by atoms with van der Waals surface area (Å²) >= 11 is 5.94. The van der Waals surface area contributed by atoms with Gasteiger partial charge in [-0.25, -0.2) is 4.99 Å². The predicted molar refractivity (Wildman–Crippen MR) is 100.0 cm³/mol. The topological polar surface area (TPSA) is 98.6 Å².